The van der Waals surface area contributed by atoms with Gasteiger partial charge in [0.2, 0.25) is 0 Å². The molecule has 2 aromatic rings. The van der Waals surface area contributed by atoms with E-state index >= 15 is 0 Å². The number of hydrogen-bond acceptors (Lipinski definition) is 5. The standard InChI is InChI=1S/C24H26FNO5/c1-15(2)31-14-4-13-26-21(16-7-11-19(30-3)12-8-16)20(23(28)24(26)29)22(27)17-5-9-18(25)10-6-17/h5-12,15,21,27H,4,13-14H2,1-3H3/b22-20-. The van der Waals surface area contributed by atoms with Gasteiger partial charge in [-0.1, -0.05) is 12.1 Å². The van der Waals surface area contributed by atoms with Gasteiger partial charge in [0, 0.05) is 18.7 Å². The minimum Gasteiger partial charge on any atom is -0.507 e. The van der Waals surface area contributed by atoms with Crippen molar-refractivity contribution in [1.29, 1.82) is 0 Å². The second-order valence-corrected chi connectivity index (χ2v) is 7.55. The zero-order valence-corrected chi connectivity index (χ0v) is 17.8. The minimum atomic E-state index is -0.771. The molecule has 2 aromatic carbocycles. The van der Waals surface area contributed by atoms with Crippen LogP contribution in [0.3, 0.4) is 0 Å². The summed E-state index contributed by atoms with van der Waals surface area (Å²) in [6.45, 7) is 4.57. The average Bonchev–Trinajstić information content (AvgIpc) is 3.01. The molecule has 0 aliphatic carbocycles. The van der Waals surface area contributed by atoms with Crippen molar-refractivity contribution in [1.82, 2.24) is 4.90 Å². The Morgan fingerprint density at radius 1 is 1.10 bits per heavy atom. The second-order valence-electron chi connectivity index (χ2n) is 7.55. The van der Waals surface area contributed by atoms with Crippen molar-refractivity contribution in [3.63, 3.8) is 0 Å². The highest BCUT2D eigenvalue weighted by Gasteiger charge is 2.45. The largest absolute Gasteiger partial charge is 0.507 e. The summed E-state index contributed by atoms with van der Waals surface area (Å²) in [5, 5.41) is 10.9. The molecule has 0 spiro atoms. The maximum Gasteiger partial charge on any atom is 0.295 e. The lowest BCUT2D eigenvalue weighted by Crippen LogP contribution is -2.31. The third-order valence-corrected chi connectivity index (χ3v) is 5.08. The Bertz CT molecular complexity index is 966. The lowest BCUT2D eigenvalue weighted by atomic mass is 9.95. The van der Waals surface area contributed by atoms with Crippen molar-refractivity contribution in [2.75, 3.05) is 20.3 Å². The van der Waals surface area contributed by atoms with Crippen molar-refractivity contribution >= 4 is 17.4 Å². The average molecular weight is 427 g/mol. The molecule has 0 aromatic heterocycles. The Hall–Kier alpha value is -3.19. The van der Waals surface area contributed by atoms with Gasteiger partial charge in [-0.2, -0.15) is 0 Å². The zero-order valence-electron chi connectivity index (χ0n) is 17.8. The molecule has 1 amide bonds. The van der Waals surface area contributed by atoms with Crippen molar-refractivity contribution in [2.24, 2.45) is 0 Å². The number of hydrogen-bond donors (Lipinski definition) is 1. The first kappa shape index (κ1) is 22.5. The topological polar surface area (TPSA) is 76.1 Å². The van der Waals surface area contributed by atoms with E-state index in [4.69, 9.17) is 9.47 Å². The molecule has 1 heterocycles. The molecule has 1 aliphatic rings. The van der Waals surface area contributed by atoms with Crippen LogP contribution in [-0.4, -0.2) is 48.1 Å². The lowest BCUT2D eigenvalue weighted by molar-refractivity contribution is -0.140. The maximum absolute atomic E-state index is 13.3. The molecule has 6 nitrogen and oxygen atoms in total. The van der Waals surface area contributed by atoms with Gasteiger partial charge >= 0.3 is 0 Å². The fourth-order valence-electron chi connectivity index (χ4n) is 3.56. The van der Waals surface area contributed by atoms with E-state index in [0.29, 0.717) is 24.3 Å². The van der Waals surface area contributed by atoms with E-state index in [2.05, 4.69) is 0 Å². The number of carbonyl (C=O) groups is 2. The van der Waals surface area contributed by atoms with Gasteiger partial charge in [0.25, 0.3) is 11.7 Å². The molecule has 1 N–H and O–H groups in total. The second kappa shape index (κ2) is 9.75. The normalized spacial score (nSPS) is 18.1. The first-order valence-electron chi connectivity index (χ1n) is 10.1. The number of ether oxygens (including phenoxy) is 2. The molecule has 3 rings (SSSR count). The van der Waals surface area contributed by atoms with Crippen LogP contribution in [0, 0.1) is 5.82 Å². The van der Waals surface area contributed by atoms with Gasteiger partial charge in [-0.05, 0) is 62.2 Å². The molecule has 1 atom stereocenters. The summed E-state index contributed by atoms with van der Waals surface area (Å²) < 4.78 is 24.1. The first-order valence-corrected chi connectivity index (χ1v) is 10.1. The van der Waals surface area contributed by atoms with Crippen LogP contribution >= 0.6 is 0 Å². The van der Waals surface area contributed by atoms with Gasteiger partial charge < -0.3 is 19.5 Å². The number of amides is 1. The van der Waals surface area contributed by atoms with Crippen LogP contribution in [0.15, 0.2) is 54.1 Å². The molecular weight excluding hydrogens is 401 g/mol. The Labute approximate surface area is 180 Å². The smallest absolute Gasteiger partial charge is 0.295 e. The van der Waals surface area contributed by atoms with Crippen LogP contribution in [0.4, 0.5) is 4.39 Å². The third kappa shape index (κ3) is 4.94. The Morgan fingerprint density at radius 3 is 2.32 bits per heavy atom. The predicted molar refractivity (Wildman–Crippen MR) is 114 cm³/mol. The highest BCUT2D eigenvalue weighted by molar-refractivity contribution is 6.46. The molecule has 0 bridgehead atoms. The molecule has 1 fully saturated rings. The summed E-state index contributed by atoms with van der Waals surface area (Å²) in [5.74, 6) is -1.63. The summed E-state index contributed by atoms with van der Waals surface area (Å²) in [5.41, 5.74) is 0.904. The highest BCUT2D eigenvalue weighted by Crippen LogP contribution is 2.39. The van der Waals surface area contributed by atoms with Crippen LogP contribution in [-0.2, 0) is 14.3 Å². The van der Waals surface area contributed by atoms with Crippen molar-refractivity contribution in [3.05, 3.63) is 71.0 Å². The van der Waals surface area contributed by atoms with Crippen molar-refractivity contribution < 1.29 is 28.6 Å². The number of methoxy groups -OCH3 is 1. The number of rotatable bonds is 8. The number of carbonyl (C=O) groups excluding carboxylic acids is 2. The van der Waals surface area contributed by atoms with Crippen molar-refractivity contribution in [2.45, 2.75) is 32.4 Å². The maximum atomic E-state index is 13.3. The summed E-state index contributed by atoms with van der Waals surface area (Å²) in [4.78, 5) is 27.2. The van der Waals surface area contributed by atoms with Gasteiger partial charge in [-0.25, -0.2) is 4.39 Å². The third-order valence-electron chi connectivity index (χ3n) is 5.08. The molecule has 7 heteroatoms. The first-order chi connectivity index (χ1) is 14.8. The monoisotopic (exact) mass is 427 g/mol. The summed E-state index contributed by atoms with van der Waals surface area (Å²) in [7, 11) is 1.55. The van der Waals surface area contributed by atoms with Crippen molar-refractivity contribution in [3.8, 4) is 5.75 Å². The zero-order chi connectivity index (χ0) is 22.5. The number of aliphatic hydroxyl groups excluding tert-OH is 1. The van der Waals surface area contributed by atoms with E-state index < -0.39 is 23.5 Å². The van der Waals surface area contributed by atoms with Crippen LogP contribution in [0.25, 0.3) is 5.76 Å². The molecule has 0 radical (unpaired) electrons. The molecule has 164 valence electrons. The number of benzene rings is 2. The molecular formula is C24H26FNO5. The number of halogens is 1. The van der Waals surface area contributed by atoms with E-state index in [1.54, 1.807) is 31.4 Å². The van der Waals surface area contributed by atoms with Gasteiger partial charge in [-0.3, -0.25) is 9.59 Å². The molecule has 31 heavy (non-hydrogen) atoms. The fraction of sp³-hybridized carbons (Fsp3) is 0.333. The van der Waals surface area contributed by atoms with E-state index in [1.165, 1.54) is 29.2 Å². The molecule has 1 saturated heterocycles. The summed E-state index contributed by atoms with van der Waals surface area (Å²) in [6.07, 6.45) is 0.598. The molecule has 0 saturated carbocycles. The van der Waals surface area contributed by atoms with E-state index in [1.807, 2.05) is 13.8 Å². The van der Waals surface area contributed by atoms with Gasteiger partial charge in [-0.15, -0.1) is 0 Å². The van der Waals surface area contributed by atoms with E-state index in [0.717, 1.165) is 0 Å². The van der Waals surface area contributed by atoms with Gasteiger partial charge in [0.1, 0.15) is 17.3 Å². The number of Topliss-reactive ketones (excluding diaryl/α,β-unsaturated/α-hetero) is 1. The quantitative estimate of drug-likeness (QED) is 0.297. The van der Waals surface area contributed by atoms with Crippen LogP contribution < -0.4 is 4.74 Å². The Morgan fingerprint density at radius 2 is 1.74 bits per heavy atom. The Balaban J connectivity index is 2.02. The number of likely N-dealkylation sites (tertiary alicyclic amines) is 1. The Kier molecular flexibility index (Phi) is 7.07. The SMILES string of the molecule is COc1ccc(C2/C(=C(/O)c3ccc(F)cc3)C(=O)C(=O)N2CCCOC(C)C)cc1. The van der Waals surface area contributed by atoms with E-state index in [9.17, 15) is 19.1 Å². The van der Waals surface area contributed by atoms with E-state index in [-0.39, 0.29) is 29.5 Å². The predicted octanol–water partition coefficient (Wildman–Crippen LogP) is 4.07. The summed E-state index contributed by atoms with van der Waals surface area (Å²) >= 11 is 0. The lowest BCUT2D eigenvalue weighted by Gasteiger charge is -2.25. The fourth-order valence-corrected chi connectivity index (χ4v) is 3.56. The number of nitrogens with zero attached hydrogens (tertiary/aromatic N) is 1. The van der Waals surface area contributed by atoms with Crippen LogP contribution in [0.5, 0.6) is 5.75 Å². The van der Waals surface area contributed by atoms with Gasteiger partial charge in [0.05, 0.1) is 24.8 Å². The molecule has 1 unspecified atom stereocenters. The van der Waals surface area contributed by atoms with Crippen LogP contribution in [0.1, 0.15) is 37.4 Å². The van der Waals surface area contributed by atoms with Crippen LogP contribution in [0.2, 0.25) is 0 Å². The molecule has 1 aliphatic heterocycles. The summed E-state index contributed by atoms with van der Waals surface area (Å²) in [6, 6.07) is 11.3. The number of ketones is 1. The number of aliphatic hydroxyl groups is 1. The van der Waals surface area contributed by atoms with Gasteiger partial charge in [0.15, 0.2) is 0 Å². The highest BCUT2D eigenvalue weighted by atomic mass is 19.1. The minimum absolute atomic E-state index is 0.0217.